The Balaban J connectivity index is 1.63. The van der Waals surface area contributed by atoms with E-state index in [4.69, 9.17) is 0 Å². The Morgan fingerprint density at radius 2 is 1.78 bits per heavy atom. The van der Waals surface area contributed by atoms with Crippen LogP contribution in [0, 0.1) is 0 Å². The maximum absolute atomic E-state index is 11.9. The molecule has 2 rings (SSSR count). The van der Waals surface area contributed by atoms with E-state index in [2.05, 4.69) is 39.3 Å². The number of nitrogens with one attached hydrogen (secondary N) is 3. The Labute approximate surface area is 138 Å². The lowest BCUT2D eigenvalue weighted by Gasteiger charge is -2.19. The Morgan fingerprint density at radius 3 is 2.52 bits per heavy atom. The summed E-state index contributed by atoms with van der Waals surface area (Å²) < 4.78 is 25.7. The van der Waals surface area contributed by atoms with Crippen LogP contribution in [-0.2, 0) is 10.0 Å². The van der Waals surface area contributed by atoms with Crippen molar-refractivity contribution in [2.75, 3.05) is 18.4 Å². The molecule has 0 amide bonds. The average Bonchev–Trinajstić information content (AvgIpc) is 2.92. The number of hydrogen-bond acceptors (Lipinski definition) is 3. The first kappa shape index (κ1) is 17.8. The molecule has 0 saturated heterocycles. The molecule has 0 aliphatic heterocycles. The fourth-order valence-corrected chi connectivity index (χ4v) is 3.09. The molecule has 0 saturated carbocycles. The van der Waals surface area contributed by atoms with Gasteiger partial charge in [-0.25, -0.2) is 13.1 Å². The van der Waals surface area contributed by atoms with Crippen molar-refractivity contribution in [1.29, 1.82) is 0 Å². The number of anilines is 1. The summed E-state index contributed by atoms with van der Waals surface area (Å²) in [5, 5.41) is 4.61. The number of sulfonamides is 1. The van der Waals surface area contributed by atoms with Crippen LogP contribution < -0.4 is 10.0 Å². The molecule has 5 nitrogen and oxygen atoms in total. The van der Waals surface area contributed by atoms with E-state index in [1.807, 2.05) is 6.20 Å². The Bertz CT molecular complexity index is 730. The highest BCUT2D eigenvalue weighted by Crippen LogP contribution is 2.18. The van der Waals surface area contributed by atoms with Crippen molar-refractivity contribution >= 4 is 26.6 Å². The zero-order chi connectivity index (χ0) is 16.9. The second kappa shape index (κ2) is 7.36. The molecule has 6 heteroatoms. The Morgan fingerprint density at radius 1 is 1.04 bits per heavy atom. The quantitative estimate of drug-likeness (QED) is 0.646. The number of H-pyrrole nitrogens is 1. The molecule has 128 valence electrons. The van der Waals surface area contributed by atoms with Crippen molar-refractivity contribution in [3.05, 3.63) is 30.5 Å². The minimum atomic E-state index is -3.22. The van der Waals surface area contributed by atoms with Crippen LogP contribution in [0.1, 0.15) is 40.0 Å². The number of fused-ring (bicyclic) bond motifs is 1. The van der Waals surface area contributed by atoms with Gasteiger partial charge in [-0.1, -0.05) is 6.42 Å². The third-order valence-corrected chi connectivity index (χ3v) is 6.03. The second-order valence-corrected chi connectivity index (χ2v) is 9.30. The van der Waals surface area contributed by atoms with Crippen molar-refractivity contribution in [3.8, 4) is 0 Å². The number of hydrogen-bond donors (Lipinski definition) is 3. The minimum Gasteiger partial charge on any atom is -0.385 e. The summed E-state index contributed by atoms with van der Waals surface area (Å²) in [6.07, 6.45) is 4.80. The standard InChI is InChI=1S/C17H27N3O2S/c1-17(2,3)23(21,22)20-11-6-4-5-10-18-15-7-8-16-14(13-15)9-12-19-16/h7-9,12-13,18-20H,4-6,10-11H2,1-3H3. The van der Waals surface area contributed by atoms with E-state index < -0.39 is 14.8 Å². The first-order valence-corrected chi connectivity index (χ1v) is 9.58. The third kappa shape index (κ3) is 4.97. The van der Waals surface area contributed by atoms with Gasteiger partial charge in [0.05, 0.1) is 4.75 Å². The van der Waals surface area contributed by atoms with Crippen LogP contribution >= 0.6 is 0 Å². The molecule has 3 N–H and O–H groups in total. The first-order valence-electron chi connectivity index (χ1n) is 8.10. The highest BCUT2D eigenvalue weighted by molar-refractivity contribution is 7.90. The van der Waals surface area contributed by atoms with Crippen molar-refractivity contribution in [2.45, 2.75) is 44.8 Å². The summed E-state index contributed by atoms with van der Waals surface area (Å²) in [6, 6.07) is 8.32. The van der Waals surface area contributed by atoms with Gasteiger partial charge in [0, 0.05) is 35.9 Å². The van der Waals surface area contributed by atoms with Crippen LogP contribution in [0.25, 0.3) is 10.9 Å². The number of rotatable bonds is 8. The summed E-state index contributed by atoms with van der Waals surface area (Å²) in [5.74, 6) is 0. The lowest BCUT2D eigenvalue weighted by Crippen LogP contribution is -2.39. The van der Waals surface area contributed by atoms with Crippen LogP contribution in [0.5, 0.6) is 0 Å². The number of aromatic nitrogens is 1. The van der Waals surface area contributed by atoms with Gasteiger partial charge in [0.25, 0.3) is 0 Å². The summed E-state index contributed by atoms with van der Waals surface area (Å²) in [5.41, 5.74) is 2.26. The van der Waals surface area contributed by atoms with Gasteiger partial charge in [-0.2, -0.15) is 0 Å². The summed E-state index contributed by atoms with van der Waals surface area (Å²) in [6.45, 7) is 6.53. The predicted molar refractivity (Wildman–Crippen MR) is 97.3 cm³/mol. The van der Waals surface area contributed by atoms with Crippen molar-refractivity contribution in [1.82, 2.24) is 9.71 Å². The highest BCUT2D eigenvalue weighted by atomic mass is 32.2. The molecule has 1 aromatic heterocycles. The first-order chi connectivity index (χ1) is 10.8. The lowest BCUT2D eigenvalue weighted by molar-refractivity contribution is 0.540. The summed E-state index contributed by atoms with van der Waals surface area (Å²) in [4.78, 5) is 3.18. The second-order valence-electron chi connectivity index (χ2n) is 6.78. The van der Waals surface area contributed by atoms with Gasteiger partial charge in [0.2, 0.25) is 10.0 Å². The smallest absolute Gasteiger partial charge is 0.216 e. The molecule has 1 heterocycles. The zero-order valence-corrected chi connectivity index (χ0v) is 15.0. The monoisotopic (exact) mass is 337 g/mol. The Kier molecular flexibility index (Phi) is 5.70. The third-order valence-electron chi connectivity index (χ3n) is 3.83. The summed E-state index contributed by atoms with van der Waals surface area (Å²) >= 11 is 0. The number of aromatic amines is 1. The fraction of sp³-hybridized carbons (Fsp3) is 0.529. The van der Waals surface area contributed by atoms with Crippen molar-refractivity contribution in [2.24, 2.45) is 0 Å². The molecule has 2 aromatic rings. The van der Waals surface area contributed by atoms with Gasteiger partial charge in [-0.15, -0.1) is 0 Å². The van der Waals surface area contributed by atoms with Crippen LogP contribution in [0.2, 0.25) is 0 Å². The predicted octanol–water partition coefficient (Wildman–Crippen LogP) is 3.47. The molecule has 0 bridgehead atoms. The van der Waals surface area contributed by atoms with Gasteiger partial charge in [-0.05, 0) is 57.9 Å². The van der Waals surface area contributed by atoms with E-state index >= 15 is 0 Å². The normalized spacial score (nSPS) is 12.7. The molecule has 0 atom stereocenters. The van der Waals surface area contributed by atoms with E-state index in [0.29, 0.717) is 6.54 Å². The highest BCUT2D eigenvalue weighted by Gasteiger charge is 2.27. The van der Waals surface area contributed by atoms with E-state index in [1.165, 1.54) is 5.39 Å². The molecule has 0 spiro atoms. The number of unbranched alkanes of at least 4 members (excludes halogenated alkanes) is 2. The van der Waals surface area contributed by atoms with E-state index in [-0.39, 0.29) is 0 Å². The van der Waals surface area contributed by atoms with Gasteiger partial charge >= 0.3 is 0 Å². The molecular formula is C17H27N3O2S. The largest absolute Gasteiger partial charge is 0.385 e. The Hall–Kier alpha value is -1.53. The lowest BCUT2D eigenvalue weighted by atomic mass is 10.2. The average molecular weight is 337 g/mol. The maximum Gasteiger partial charge on any atom is 0.216 e. The SMILES string of the molecule is CC(C)(C)S(=O)(=O)NCCCCCNc1ccc2[nH]ccc2c1. The van der Waals surface area contributed by atoms with E-state index in [1.54, 1.807) is 20.8 Å². The molecule has 0 fully saturated rings. The van der Waals surface area contributed by atoms with Crippen molar-refractivity contribution in [3.63, 3.8) is 0 Å². The molecule has 0 radical (unpaired) electrons. The fourth-order valence-electron chi connectivity index (χ4n) is 2.25. The van der Waals surface area contributed by atoms with Gasteiger partial charge in [0.15, 0.2) is 0 Å². The molecule has 23 heavy (non-hydrogen) atoms. The zero-order valence-electron chi connectivity index (χ0n) is 14.1. The topological polar surface area (TPSA) is 74.0 Å². The maximum atomic E-state index is 11.9. The minimum absolute atomic E-state index is 0.509. The summed E-state index contributed by atoms with van der Waals surface area (Å²) in [7, 11) is -3.22. The van der Waals surface area contributed by atoms with E-state index in [9.17, 15) is 8.42 Å². The molecule has 1 aromatic carbocycles. The van der Waals surface area contributed by atoms with E-state index in [0.717, 1.165) is 37.0 Å². The molecule has 0 unspecified atom stereocenters. The molecule has 0 aliphatic rings. The van der Waals surface area contributed by atoms with Crippen LogP contribution in [0.4, 0.5) is 5.69 Å². The van der Waals surface area contributed by atoms with Crippen molar-refractivity contribution < 1.29 is 8.42 Å². The van der Waals surface area contributed by atoms with Crippen LogP contribution in [0.15, 0.2) is 30.5 Å². The molecular weight excluding hydrogens is 310 g/mol. The van der Waals surface area contributed by atoms with Crippen LogP contribution in [-0.4, -0.2) is 31.2 Å². The van der Waals surface area contributed by atoms with Crippen LogP contribution in [0.3, 0.4) is 0 Å². The number of benzene rings is 1. The van der Waals surface area contributed by atoms with Gasteiger partial charge < -0.3 is 10.3 Å². The van der Waals surface area contributed by atoms with Gasteiger partial charge in [-0.3, -0.25) is 0 Å². The molecule has 0 aliphatic carbocycles. The van der Waals surface area contributed by atoms with Gasteiger partial charge in [0.1, 0.15) is 0 Å².